The van der Waals surface area contributed by atoms with E-state index >= 15 is 0 Å². The zero-order chi connectivity index (χ0) is 16.2. The first kappa shape index (κ1) is 15.4. The van der Waals surface area contributed by atoms with Gasteiger partial charge in [0.25, 0.3) is 0 Å². The molecule has 3 N–H and O–H groups in total. The van der Waals surface area contributed by atoms with Gasteiger partial charge in [0, 0.05) is 23.7 Å². The fourth-order valence-electron chi connectivity index (χ4n) is 2.50. The number of aryl methyl sites for hydroxylation is 1. The van der Waals surface area contributed by atoms with Crippen LogP contribution >= 0.6 is 0 Å². The maximum atomic E-state index is 5.65. The van der Waals surface area contributed by atoms with Gasteiger partial charge in [0.15, 0.2) is 0 Å². The largest absolute Gasteiger partial charge is 0.363 e. The van der Waals surface area contributed by atoms with Gasteiger partial charge in [-0.05, 0) is 44.2 Å². The summed E-state index contributed by atoms with van der Waals surface area (Å²) >= 11 is 0. The smallest absolute Gasteiger partial charge is 0.138 e. The Morgan fingerprint density at radius 1 is 1.13 bits per heavy atom. The number of nitrogens with zero attached hydrogens (tertiary/aromatic N) is 3. The lowest BCUT2D eigenvalue weighted by atomic mass is 10.1. The molecule has 1 aromatic carbocycles. The number of nitrogens with two attached hydrogens (primary N) is 1. The molecule has 2 heterocycles. The van der Waals surface area contributed by atoms with Crippen LogP contribution in [-0.4, -0.2) is 21.5 Å². The van der Waals surface area contributed by atoms with E-state index in [1.165, 1.54) is 0 Å². The lowest BCUT2D eigenvalue weighted by molar-refractivity contribution is 0.843. The highest BCUT2D eigenvalue weighted by Gasteiger charge is 2.11. The summed E-state index contributed by atoms with van der Waals surface area (Å²) in [6.07, 6.45) is 2.57. The molecule has 0 saturated carbocycles. The molecule has 0 aliphatic rings. The summed E-state index contributed by atoms with van der Waals surface area (Å²) in [5, 5.41) is 4.50. The first-order valence-corrected chi connectivity index (χ1v) is 7.82. The van der Waals surface area contributed by atoms with Crippen LogP contribution in [0.3, 0.4) is 0 Å². The molecule has 0 radical (unpaired) electrons. The molecule has 0 fully saturated rings. The number of fused-ring (bicyclic) bond motifs is 1. The molecule has 0 aliphatic carbocycles. The Labute approximate surface area is 136 Å². The van der Waals surface area contributed by atoms with Gasteiger partial charge in [-0.2, -0.15) is 0 Å². The van der Waals surface area contributed by atoms with Crippen molar-refractivity contribution in [1.29, 1.82) is 0 Å². The van der Waals surface area contributed by atoms with Crippen LogP contribution in [0.1, 0.15) is 30.0 Å². The van der Waals surface area contributed by atoms with Crippen molar-refractivity contribution in [1.82, 2.24) is 15.0 Å². The van der Waals surface area contributed by atoms with Crippen LogP contribution in [0.5, 0.6) is 0 Å². The van der Waals surface area contributed by atoms with Gasteiger partial charge < -0.3 is 11.1 Å². The van der Waals surface area contributed by atoms with Crippen LogP contribution in [0.4, 0.5) is 5.82 Å². The zero-order valence-corrected chi connectivity index (χ0v) is 13.5. The van der Waals surface area contributed by atoms with Crippen molar-refractivity contribution in [3.05, 3.63) is 59.7 Å². The van der Waals surface area contributed by atoms with E-state index in [1.54, 1.807) is 0 Å². The van der Waals surface area contributed by atoms with Gasteiger partial charge >= 0.3 is 0 Å². The summed E-state index contributed by atoms with van der Waals surface area (Å²) in [4.78, 5) is 13.6. The molecule has 0 amide bonds. The molecule has 0 aliphatic heterocycles. The van der Waals surface area contributed by atoms with Crippen LogP contribution in [0.15, 0.2) is 42.6 Å². The van der Waals surface area contributed by atoms with Crippen LogP contribution in [0.2, 0.25) is 0 Å². The summed E-state index contributed by atoms with van der Waals surface area (Å²) in [7, 11) is 0. The Balaban J connectivity index is 1.96. The highest BCUT2D eigenvalue weighted by atomic mass is 15.1. The molecule has 0 spiro atoms. The fourth-order valence-corrected chi connectivity index (χ4v) is 2.50. The molecule has 0 saturated heterocycles. The van der Waals surface area contributed by atoms with E-state index < -0.39 is 0 Å². The predicted octanol–water partition coefficient (Wildman–Crippen LogP) is 3.01. The highest BCUT2D eigenvalue weighted by molar-refractivity contribution is 5.89. The molecule has 118 valence electrons. The molecule has 23 heavy (non-hydrogen) atoms. The Kier molecular flexibility index (Phi) is 4.48. The monoisotopic (exact) mass is 307 g/mol. The molecular formula is C18H21N5. The average Bonchev–Trinajstić information content (AvgIpc) is 2.56. The number of rotatable bonds is 5. The number of hydrogen-bond donors (Lipinski definition) is 2. The topological polar surface area (TPSA) is 76.7 Å². The minimum absolute atomic E-state index is 0.104. The molecule has 2 aromatic heterocycles. The maximum absolute atomic E-state index is 5.65. The number of aromatic nitrogens is 3. The van der Waals surface area contributed by atoms with Crippen LogP contribution < -0.4 is 11.1 Å². The van der Waals surface area contributed by atoms with Crippen molar-refractivity contribution in [3.8, 4) is 0 Å². The Morgan fingerprint density at radius 2 is 1.96 bits per heavy atom. The Morgan fingerprint density at radius 3 is 2.70 bits per heavy atom. The van der Waals surface area contributed by atoms with Gasteiger partial charge in [0.2, 0.25) is 0 Å². The number of nitrogens with one attached hydrogen (secondary N) is 1. The van der Waals surface area contributed by atoms with Crippen molar-refractivity contribution in [2.45, 2.75) is 26.3 Å². The molecule has 1 atom stereocenters. The second kappa shape index (κ2) is 6.71. The molecular weight excluding hydrogens is 286 g/mol. The molecule has 0 bridgehead atoms. The molecule has 1 unspecified atom stereocenters. The first-order chi connectivity index (χ1) is 11.2. The quantitative estimate of drug-likeness (QED) is 0.757. The summed E-state index contributed by atoms with van der Waals surface area (Å²) in [6.45, 7) is 4.62. The predicted molar refractivity (Wildman–Crippen MR) is 93.3 cm³/mol. The second-order valence-corrected chi connectivity index (χ2v) is 5.64. The van der Waals surface area contributed by atoms with Crippen molar-refractivity contribution >= 4 is 16.7 Å². The van der Waals surface area contributed by atoms with Crippen molar-refractivity contribution < 1.29 is 0 Å². The fraction of sp³-hybridized carbons (Fsp3) is 0.278. The van der Waals surface area contributed by atoms with E-state index in [-0.39, 0.29) is 6.04 Å². The van der Waals surface area contributed by atoms with Crippen molar-refractivity contribution in [3.63, 3.8) is 0 Å². The van der Waals surface area contributed by atoms with E-state index in [1.807, 2.05) is 43.5 Å². The lowest BCUT2D eigenvalue weighted by Crippen LogP contribution is -2.12. The highest BCUT2D eigenvalue weighted by Crippen LogP contribution is 2.24. The zero-order valence-electron chi connectivity index (χ0n) is 13.5. The standard InChI is InChI=1S/C18H21N5/c1-12-7-8-14(11-20-12)13(2)21-18-15-5-3-4-6-16(15)22-17(23-18)9-10-19/h3-8,11,13H,9-10,19H2,1-2H3,(H,21,22,23). The third-order valence-corrected chi connectivity index (χ3v) is 3.80. The first-order valence-electron chi connectivity index (χ1n) is 7.82. The van der Waals surface area contributed by atoms with E-state index in [4.69, 9.17) is 5.73 Å². The summed E-state index contributed by atoms with van der Waals surface area (Å²) in [5.41, 5.74) is 8.72. The summed E-state index contributed by atoms with van der Waals surface area (Å²) < 4.78 is 0. The summed E-state index contributed by atoms with van der Waals surface area (Å²) in [6, 6.07) is 12.2. The van der Waals surface area contributed by atoms with Gasteiger partial charge in [-0.25, -0.2) is 9.97 Å². The molecule has 3 rings (SSSR count). The SMILES string of the molecule is Cc1ccc(C(C)Nc2nc(CCN)nc3ccccc23)cn1. The molecule has 3 aromatic rings. The van der Waals surface area contributed by atoms with Crippen LogP contribution in [0.25, 0.3) is 10.9 Å². The van der Waals surface area contributed by atoms with Crippen molar-refractivity contribution in [2.24, 2.45) is 5.73 Å². The normalized spacial score (nSPS) is 12.3. The number of hydrogen-bond acceptors (Lipinski definition) is 5. The van der Waals surface area contributed by atoms with E-state index in [0.29, 0.717) is 13.0 Å². The second-order valence-electron chi connectivity index (χ2n) is 5.64. The third kappa shape index (κ3) is 3.46. The molecule has 5 heteroatoms. The van der Waals surface area contributed by atoms with Crippen LogP contribution in [0, 0.1) is 6.92 Å². The van der Waals surface area contributed by atoms with E-state index in [0.717, 1.165) is 33.8 Å². The minimum atomic E-state index is 0.104. The number of benzene rings is 1. The maximum Gasteiger partial charge on any atom is 0.138 e. The third-order valence-electron chi connectivity index (χ3n) is 3.80. The Bertz CT molecular complexity index is 798. The van der Waals surface area contributed by atoms with Crippen molar-refractivity contribution in [2.75, 3.05) is 11.9 Å². The molecule has 5 nitrogen and oxygen atoms in total. The minimum Gasteiger partial charge on any atom is -0.363 e. The van der Waals surface area contributed by atoms with Gasteiger partial charge in [-0.15, -0.1) is 0 Å². The van der Waals surface area contributed by atoms with Gasteiger partial charge in [0.05, 0.1) is 11.6 Å². The Hall–Kier alpha value is -2.53. The van der Waals surface area contributed by atoms with E-state index in [2.05, 4.69) is 33.3 Å². The van der Waals surface area contributed by atoms with Gasteiger partial charge in [0.1, 0.15) is 11.6 Å². The average molecular weight is 307 g/mol. The summed E-state index contributed by atoms with van der Waals surface area (Å²) in [5.74, 6) is 1.61. The lowest BCUT2D eigenvalue weighted by Gasteiger charge is -2.17. The number of para-hydroxylation sites is 1. The van der Waals surface area contributed by atoms with Gasteiger partial charge in [-0.1, -0.05) is 18.2 Å². The number of anilines is 1. The van der Waals surface area contributed by atoms with Gasteiger partial charge in [-0.3, -0.25) is 4.98 Å². The number of pyridine rings is 1. The van der Waals surface area contributed by atoms with E-state index in [9.17, 15) is 0 Å². The van der Waals surface area contributed by atoms with Crippen LogP contribution in [-0.2, 0) is 6.42 Å².